The lowest BCUT2D eigenvalue weighted by Gasteiger charge is -2.19. The number of hydrogen-bond acceptors (Lipinski definition) is 1. The number of amides is 2. The van der Waals surface area contributed by atoms with E-state index >= 15 is 0 Å². The number of hydrogen-bond donors (Lipinski definition) is 1. The quantitative estimate of drug-likeness (QED) is 0.578. The molecule has 0 aliphatic carbocycles. The lowest BCUT2D eigenvalue weighted by Crippen LogP contribution is -2.26. The molecule has 1 aliphatic rings. The monoisotopic (exact) mass is 395 g/mol. The number of rotatable bonds is 2. The van der Waals surface area contributed by atoms with Crippen molar-refractivity contribution in [2.75, 3.05) is 10.2 Å². The number of nitrogens with zero attached hydrogens (tertiary/aromatic N) is 2. The Morgan fingerprint density at radius 2 is 1.67 bits per heavy atom. The fourth-order valence-corrected chi connectivity index (χ4v) is 3.33. The van der Waals surface area contributed by atoms with E-state index in [0.29, 0.717) is 28.1 Å². The van der Waals surface area contributed by atoms with Gasteiger partial charge in [0.15, 0.2) is 0 Å². The molecule has 0 spiro atoms. The number of amidine groups is 1. The van der Waals surface area contributed by atoms with Crippen molar-refractivity contribution >= 4 is 46.4 Å². The first-order valence-corrected chi connectivity index (χ1v) is 9.13. The van der Waals surface area contributed by atoms with Crippen molar-refractivity contribution in [3.8, 4) is 0 Å². The topological polar surface area (TPSA) is 44.7 Å². The second-order valence-corrected chi connectivity index (χ2v) is 6.89. The van der Waals surface area contributed by atoms with Gasteiger partial charge in [-0.2, -0.15) is 4.99 Å². The minimum atomic E-state index is -0.471. The van der Waals surface area contributed by atoms with Crippen molar-refractivity contribution in [3.63, 3.8) is 0 Å². The van der Waals surface area contributed by atoms with Crippen LogP contribution in [0.15, 0.2) is 77.8 Å². The molecule has 0 bridgehead atoms. The maximum Gasteiger partial charge on any atom is 0.347 e. The van der Waals surface area contributed by atoms with Gasteiger partial charge < -0.3 is 10.2 Å². The number of carbonyl (C=O) groups is 1. The zero-order chi connectivity index (χ0) is 18.8. The van der Waals surface area contributed by atoms with Crippen LogP contribution < -0.4 is 10.2 Å². The first kappa shape index (κ1) is 17.6. The lowest BCUT2D eigenvalue weighted by molar-refractivity contribution is 0.259. The summed E-state index contributed by atoms with van der Waals surface area (Å²) in [6, 6.07) is 22.3. The van der Waals surface area contributed by atoms with Crippen LogP contribution in [0.3, 0.4) is 0 Å². The molecule has 134 valence electrons. The number of nitrogens with one attached hydrogen (secondary N) is 1. The average molecular weight is 396 g/mol. The van der Waals surface area contributed by atoms with Gasteiger partial charge in [0, 0.05) is 16.9 Å². The molecule has 0 saturated heterocycles. The molecular formula is C21H15Cl2N3O. The van der Waals surface area contributed by atoms with Crippen LogP contribution in [-0.4, -0.2) is 11.9 Å². The molecule has 0 unspecified atom stereocenters. The van der Waals surface area contributed by atoms with Crippen LogP contribution >= 0.6 is 23.2 Å². The van der Waals surface area contributed by atoms with Gasteiger partial charge in [-0.3, -0.25) is 0 Å². The summed E-state index contributed by atoms with van der Waals surface area (Å²) in [6.45, 7) is 0.666. The summed E-state index contributed by atoms with van der Waals surface area (Å²) in [5.74, 6) is 0.620. The van der Waals surface area contributed by atoms with Crippen molar-refractivity contribution in [2.24, 2.45) is 4.99 Å². The lowest BCUT2D eigenvalue weighted by atomic mass is 10.1. The highest BCUT2D eigenvalue weighted by atomic mass is 35.5. The zero-order valence-corrected chi connectivity index (χ0v) is 15.7. The minimum Gasteiger partial charge on any atom is -0.321 e. The molecule has 4 rings (SSSR count). The standard InChI is InChI=1S/C21H15Cl2N3O/c22-18-11-10-15(12-19(18)23)24-21(27)25-20-17-9-5-4-6-14(17)13-26(20)16-7-2-1-3-8-16/h1-12H,13H2,(H,24,27)/b25-20+. The molecule has 1 N–H and O–H groups in total. The van der Waals surface area contributed by atoms with E-state index in [1.54, 1.807) is 18.2 Å². The van der Waals surface area contributed by atoms with Gasteiger partial charge in [0.25, 0.3) is 0 Å². The van der Waals surface area contributed by atoms with Crippen LogP contribution in [0.5, 0.6) is 0 Å². The smallest absolute Gasteiger partial charge is 0.321 e. The number of fused-ring (bicyclic) bond motifs is 1. The Bertz CT molecular complexity index is 1030. The molecule has 6 heteroatoms. The maximum absolute atomic E-state index is 12.5. The fraction of sp³-hybridized carbons (Fsp3) is 0.0476. The highest BCUT2D eigenvalue weighted by Gasteiger charge is 2.27. The molecule has 1 heterocycles. The number of benzene rings is 3. The second kappa shape index (κ2) is 7.43. The summed E-state index contributed by atoms with van der Waals surface area (Å²) in [7, 11) is 0. The van der Waals surface area contributed by atoms with E-state index in [2.05, 4.69) is 10.3 Å². The normalized spacial score (nSPS) is 14.3. The van der Waals surface area contributed by atoms with Gasteiger partial charge >= 0.3 is 6.03 Å². The highest BCUT2D eigenvalue weighted by Crippen LogP contribution is 2.29. The predicted molar refractivity (Wildman–Crippen MR) is 111 cm³/mol. The summed E-state index contributed by atoms with van der Waals surface area (Å²) >= 11 is 11.9. The van der Waals surface area contributed by atoms with Crippen LogP contribution in [-0.2, 0) is 6.54 Å². The van der Waals surface area contributed by atoms with Gasteiger partial charge in [0.05, 0.1) is 16.6 Å². The number of para-hydroxylation sites is 1. The molecule has 0 radical (unpaired) electrons. The van der Waals surface area contributed by atoms with Crippen molar-refractivity contribution in [2.45, 2.75) is 6.54 Å². The first-order chi connectivity index (χ1) is 13.1. The SMILES string of the molecule is O=C(/N=C1\c2ccccc2CN1c1ccccc1)Nc1ccc(Cl)c(Cl)c1. The van der Waals surface area contributed by atoms with Crippen LogP contribution in [0.25, 0.3) is 0 Å². The minimum absolute atomic E-state index is 0.374. The molecule has 3 aromatic rings. The predicted octanol–water partition coefficient (Wildman–Crippen LogP) is 5.99. The number of aliphatic imine (C=N–C) groups is 1. The van der Waals surface area contributed by atoms with Gasteiger partial charge in [-0.25, -0.2) is 4.79 Å². The maximum atomic E-state index is 12.5. The molecule has 0 saturated carbocycles. The summed E-state index contributed by atoms with van der Waals surface area (Å²) in [5, 5.41) is 3.55. The average Bonchev–Trinajstić information content (AvgIpc) is 3.04. The molecule has 0 aromatic heterocycles. The van der Waals surface area contributed by atoms with Gasteiger partial charge in [0.2, 0.25) is 0 Å². The number of anilines is 2. The summed E-state index contributed by atoms with van der Waals surface area (Å²) < 4.78 is 0. The van der Waals surface area contributed by atoms with E-state index < -0.39 is 6.03 Å². The molecule has 3 aromatic carbocycles. The first-order valence-electron chi connectivity index (χ1n) is 8.37. The molecule has 27 heavy (non-hydrogen) atoms. The largest absolute Gasteiger partial charge is 0.347 e. The molecule has 0 atom stereocenters. The van der Waals surface area contributed by atoms with Crippen molar-refractivity contribution < 1.29 is 4.79 Å². The van der Waals surface area contributed by atoms with Gasteiger partial charge in [-0.15, -0.1) is 0 Å². The van der Waals surface area contributed by atoms with E-state index in [-0.39, 0.29) is 0 Å². The second-order valence-electron chi connectivity index (χ2n) is 6.07. The Morgan fingerprint density at radius 1 is 0.926 bits per heavy atom. The molecule has 1 aliphatic heterocycles. The third-order valence-corrected chi connectivity index (χ3v) is 5.03. The molecule has 0 fully saturated rings. The van der Waals surface area contributed by atoms with Crippen LogP contribution in [0.4, 0.5) is 16.2 Å². The van der Waals surface area contributed by atoms with Crippen LogP contribution in [0.2, 0.25) is 10.0 Å². The highest BCUT2D eigenvalue weighted by molar-refractivity contribution is 6.42. The van der Waals surface area contributed by atoms with Crippen molar-refractivity contribution in [1.82, 2.24) is 0 Å². The number of carbonyl (C=O) groups excluding carboxylic acids is 1. The summed E-state index contributed by atoms with van der Waals surface area (Å²) in [5.41, 5.74) is 3.60. The molecule has 4 nitrogen and oxygen atoms in total. The molecular weight excluding hydrogens is 381 g/mol. The Labute approximate surface area is 167 Å². The van der Waals surface area contributed by atoms with Gasteiger partial charge in [0.1, 0.15) is 5.84 Å². The number of halogens is 2. The Morgan fingerprint density at radius 3 is 2.44 bits per heavy atom. The van der Waals surface area contributed by atoms with Crippen molar-refractivity contribution in [1.29, 1.82) is 0 Å². The Balaban J connectivity index is 1.67. The Kier molecular flexibility index (Phi) is 4.84. The third-order valence-electron chi connectivity index (χ3n) is 4.29. The van der Waals surface area contributed by atoms with E-state index in [9.17, 15) is 4.79 Å². The van der Waals surface area contributed by atoms with Gasteiger partial charge in [-0.05, 0) is 35.9 Å². The summed E-state index contributed by atoms with van der Waals surface area (Å²) in [4.78, 5) is 18.9. The van der Waals surface area contributed by atoms with E-state index in [1.807, 2.05) is 59.5 Å². The van der Waals surface area contributed by atoms with Crippen LogP contribution in [0, 0.1) is 0 Å². The van der Waals surface area contributed by atoms with E-state index in [1.165, 1.54) is 0 Å². The van der Waals surface area contributed by atoms with E-state index in [4.69, 9.17) is 23.2 Å². The van der Waals surface area contributed by atoms with Crippen molar-refractivity contribution in [3.05, 3.63) is 94.0 Å². The molecule has 2 amide bonds. The van der Waals surface area contributed by atoms with Crippen LogP contribution in [0.1, 0.15) is 11.1 Å². The Hall–Kier alpha value is -2.82. The fourth-order valence-electron chi connectivity index (χ4n) is 3.03. The number of urea groups is 1. The third kappa shape index (κ3) is 3.68. The summed E-state index contributed by atoms with van der Waals surface area (Å²) in [6.07, 6.45) is 0. The van der Waals surface area contributed by atoms with Gasteiger partial charge in [-0.1, -0.05) is 65.7 Å². The van der Waals surface area contributed by atoms with E-state index in [0.717, 1.165) is 16.8 Å². The zero-order valence-electron chi connectivity index (χ0n) is 14.2.